The third-order valence-electron chi connectivity index (χ3n) is 4.30. The standard InChI is InChI=1S/C22H21NO5/c1-15(2)23(13-16-8-4-3-5-9-16)21(25)14-27-22(26)20-12-18(24)17-10-6-7-11-19(17)28-20/h3-12,15H,13-14H2,1-2H3. The summed E-state index contributed by atoms with van der Waals surface area (Å²) in [6.07, 6.45) is 0. The van der Waals surface area contributed by atoms with E-state index in [0.717, 1.165) is 11.6 Å². The van der Waals surface area contributed by atoms with Gasteiger partial charge in [-0.1, -0.05) is 42.5 Å². The molecule has 0 saturated carbocycles. The lowest BCUT2D eigenvalue weighted by atomic mass is 10.2. The van der Waals surface area contributed by atoms with Crippen molar-refractivity contribution >= 4 is 22.8 Å². The van der Waals surface area contributed by atoms with Gasteiger partial charge in [0.25, 0.3) is 5.91 Å². The summed E-state index contributed by atoms with van der Waals surface area (Å²) in [6.45, 7) is 3.77. The van der Waals surface area contributed by atoms with Gasteiger partial charge < -0.3 is 14.1 Å². The molecule has 0 unspecified atom stereocenters. The van der Waals surface area contributed by atoms with Gasteiger partial charge in [-0.25, -0.2) is 4.79 Å². The third kappa shape index (κ3) is 4.46. The number of amides is 1. The van der Waals surface area contributed by atoms with E-state index in [1.54, 1.807) is 29.2 Å². The molecule has 2 aromatic carbocycles. The zero-order valence-corrected chi connectivity index (χ0v) is 15.8. The second-order valence-electron chi connectivity index (χ2n) is 6.65. The number of carbonyl (C=O) groups is 2. The monoisotopic (exact) mass is 379 g/mol. The fraction of sp³-hybridized carbons (Fsp3) is 0.227. The average molecular weight is 379 g/mol. The average Bonchev–Trinajstić information content (AvgIpc) is 2.70. The van der Waals surface area contributed by atoms with Gasteiger partial charge in [0.05, 0.1) is 5.39 Å². The first-order valence-electron chi connectivity index (χ1n) is 8.99. The van der Waals surface area contributed by atoms with Gasteiger partial charge in [-0.15, -0.1) is 0 Å². The fourth-order valence-corrected chi connectivity index (χ4v) is 2.82. The number of rotatable bonds is 6. The molecule has 1 aromatic heterocycles. The molecule has 6 heteroatoms. The van der Waals surface area contributed by atoms with Crippen LogP contribution in [0.3, 0.4) is 0 Å². The van der Waals surface area contributed by atoms with Crippen LogP contribution in [-0.4, -0.2) is 29.4 Å². The summed E-state index contributed by atoms with van der Waals surface area (Å²) in [6, 6.07) is 17.2. The fourth-order valence-electron chi connectivity index (χ4n) is 2.82. The number of esters is 1. The van der Waals surface area contributed by atoms with Gasteiger partial charge in [-0.3, -0.25) is 9.59 Å². The largest absolute Gasteiger partial charge is 0.450 e. The van der Waals surface area contributed by atoms with Crippen molar-refractivity contribution in [2.75, 3.05) is 6.61 Å². The number of hydrogen-bond acceptors (Lipinski definition) is 5. The van der Waals surface area contributed by atoms with Gasteiger partial charge in [0.1, 0.15) is 5.58 Å². The Bertz CT molecular complexity index is 1040. The maximum absolute atomic E-state index is 12.6. The minimum absolute atomic E-state index is 0.0648. The highest BCUT2D eigenvalue weighted by atomic mass is 16.5. The summed E-state index contributed by atoms with van der Waals surface area (Å²) in [5.74, 6) is -1.40. The first kappa shape index (κ1) is 19.4. The summed E-state index contributed by atoms with van der Waals surface area (Å²) in [4.78, 5) is 38.6. The number of hydrogen-bond donors (Lipinski definition) is 0. The maximum atomic E-state index is 12.6. The smallest absolute Gasteiger partial charge is 0.374 e. The van der Waals surface area contributed by atoms with E-state index < -0.39 is 12.6 Å². The molecule has 0 aliphatic rings. The quantitative estimate of drug-likeness (QED) is 0.614. The number of para-hydroxylation sites is 1. The van der Waals surface area contributed by atoms with Crippen molar-refractivity contribution in [3.05, 3.63) is 82.2 Å². The van der Waals surface area contributed by atoms with E-state index in [9.17, 15) is 14.4 Å². The first-order valence-corrected chi connectivity index (χ1v) is 8.99. The third-order valence-corrected chi connectivity index (χ3v) is 4.30. The highest BCUT2D eigenvalue weighted by Crippen LogP contribution is 2.13. The highest BCUT2D eigenvalue weighted by molar-refractivity contribution is 5.90. The summed E-state index contributed by atoms with van der Waals surface area (Å²) >= 11 is 0. The van der Waals surface area contributed by atoms with Gasteiger partial charge in [0.2, 0.25) is 5.76 Å². The van der Waals surface area contributed by atoms with Crippen molar-refractivity contribution < 1.29 is 18.7 Å². The minimum Gasteiger partial charge on any atom is -0.450 e. The zero-order valence-electron chi connectivity index (χ0n) is 15.8. The Labute approximate surface area is 162 Å². The number of ether oxygens (including phenoxy) is 1. The molecule has 3 aromatic rings. The van der Waals surface area contributed by atoms with Crippen LogP contribution >= 0.6 is 0 Å². The van der Waals surface area contributed by atoms with E-state index in [-0.39, 0.29) is 23.1 Å². The number of benzene rings is 2. The number of carbonyl (C=O) groups excluding carboxylic acids is 2. The van der Waals surface area contributed by atoms with Crippen LogP contribution in [0.5, 0.6) is 0 Å². The highest BCUT2D eigenvalue weighted by Gasteiger charge is 2.21. The molecule has 0 aliphatic carbocycles. The second kappa shape index (κ2) is 8.52. The van der Waals surface area contributed by atoms with Gasteiger partial charge in [0.15, 0.2) is 12.0 Å². The van der Waals surface area contributed by atoms with Crippen molar-refractivity contribution in [3.63, 3.8) is 0 Å². The molecule has 0 aliphatic heterocycles. The van der Waals surface area contributed by atoms with Crippen LogP contribution < -0.4 is 5.43 Å². The van der Waals surface area contributed by atoms with Crippen molar-refractivity contribution in [1.82, 2.24) is 4.90 Å². The molecule has 1 heterocycles. The van der Waals surface area contributed by atoms with Crippen LogP contribution in [0.1, 0.15) is 30.0 Å². The summed E-state index contributed by atoms with van der Waals surface area (Å²) in [5, 5.41) is 0.379. The Morgan fingerprint density at radius 2 is 1.71 bits per heavy atom. The lowest BCUT2D eigenvalue weighted by Gasteiger charge is -2.26. The SMILES string of the molecule is CC(C)N(Cc1ccccc1)C(=O)COC(=O)c1cc(=O)c2ccccc2o1. The summed E-state index contributed by atoms with van der Waals surface area (Å²) in [5.41, 5.74) is 0.936. The van der Waals surface area contributed by atoms with Crippen LogP contribution in [0.2, 0.25) is 0 Å². The molecule has 144 valence electrons. The predicted octanol–water partition coefficient (Wildman–Crippen LogP) is 3.39. The van der Waals surface area contributed by atoms with E-state index in [2.05, 4.69) is 0 Å². The van der Waals surface area contributed by atoms with Crippen molar-refractivity contribution in [2.24, 2.45) is 0 Å². The number of nitrogens with zero attached hydrogens (tertiary/aromatic N) is 1. The molecular formula is C22H21NO5. The van der Waals surface area contributed by atoms with Crippen molar-refractivity contribution in [2.45, 2.75) is 26.4 Å². The van der Waals surface area contributed by atoms with Gasteiger partial charge in [0, 0.05) is 18.7 Å². The zero-order chi connectivity index (χ0) is 20.1. The van der Waals surface area contributed by atoms with E-state index in [4.69, 9.17) is 9.15 Å². The van der Waals surface area contributed by atoms with Crippen LogP contribution in [0.4, 0.5) is 0 Å². The van der Waals surface area contributed by atoms with E-state index in [1.807, 2.05) is 44.2 Å². The van der Waals surface area contributed by atoms with Crippen molar-refractivity contribution in [1.29, 1.82) is 0 Å². The Balaban J connectivity index is 1.69. The molecular weight excluding hydrogens is 358 g/mol. The predicted molar refractivity (Wildman–Crippen MR) is 105 cm³/mol. The molecule has 0 spiro atoms. The summed E-state index contributed by atoms with van der Waals surface area (Å²) < 4.78 is 10.5. The van der Waals surface area contributed by atoms with Gasteiger partial charge in [-0.05, 0) is 31.5 Å². The van der Waals surface area contributed by atoms with Gasteiger partial charge >= 0.3 is 5.97 Å². The molecule has 0 bridgehead atoms. The van der Waals surface area contributed by atoms with Crippen molar-refractivity contribution in [3.8, 4) is 0 Å². The molecule has 6 nitrogen and oxygen atoms in total. The Hall–Kier alpha value is -3.41. The second-order valence-corrected chi connectivity index (χ2v) is 6.65. The molecule has 3 rings (SSSR count). The molecule has 1 amide bonds. The Kier molecular flexibility index (Phi) is 5.89. The van der Waals surface area contributed by atoms with Crippen LogP contribution in [0.25, 0.3) is 11.0 Å². The van der Waals surface area contributed by atoms with Gasteiger partial charge in [-0.2, -0.15) is 0 Å². The maximum Gasteiger partial charge on any atom is 0.374 e. The molecule has 0 radical (unpaired) electrons. The van der Waals surface area contributed by atoms with E-state index in [1.165, 1.54) is 0 Å². The van der Waals surface area contributed by atoms with E-state index >= 15 is 0 Å². The Morgan fingerprint density at radius 1 is 1.04 bits per heavy atom. The molecule has 0 N–H and O–H groups in total. The lowest BCUT2D eigenvalue weighted by molar-refractivity contribution is -0.137. The van der Waals surface area contributed by atoms with E-state index in [0.29, 0.717) is 17.5 Å². The molecule has 0 saturated heterocycles. The first-order chi connectivity index (χ1) is 13.5. The topological polar surface area (TPSA) is 76.8 Å². The van der Waals surface area contributed by atoms with Crippen LogP contribution in [-0.2, 0) is 16.1 Å². The van der Waals surface area contributed by atoms with Crippen LogP contribution in [0, 0.1) is 0 Å². The molecule has 0 fully saturated rings. The number of fused-ring (bicyclic) bond motifs is 1. The molecule has 28 heavy (non-hydrogen) atoms. The van der Waals surface area contributed by atoms with Crippen LogP contribution in [0.15, 0.2) is 69.9 Å². The Morgan fingerprint density at radius 3 is 2.43 bits per heavy atom. The lowest BCUT2D eigenvalue weighted by Crippen LogP contribution is -2.39. The summed E-state index contributed by atoms with van der Waals surface area (Å²) in [7, 11) is 0. The normalized spacial score (nSPS) is 10.8. The molecule has 0 atom stereocenters. The minimum atomic E-state index is -0.848.